The largest absolute Gasteiger partial charge is 0.481 e. The fourth-order valence-electron chi connectivity index (χ4n) is 1.43. The number of methoxy groups -OCH3 is 2. The van der Waals surface area contributed by atoms with E-state index in [1.807, 2.05) is 25.1 Å². The van der Waals surface area contributed by atoms with Crippen LogP contribution in [0.4, 0.5) is 0 Å². The molecular weight excluding hydrogens is 218 g/mol. The van der Waals surface area contributed by atoms with Crippen LogP contribution in [0, 0.1) is 6.92 Å². The molecule has 17 heavy (non-hydrogen) atoms. The molecule has 0 atom stereocenters. The minimum absolute atomic E-state index is 0.475. The van der Waals surface area contributed by atoms with Crippen molar-refractivity contribution in [2.75, 3.05) is 14.2 Å². The van der Waals surface area contributed by atoms with Gasteiger partial charge in [0.05, 0.1) is 31.2 Å². The molecule has 5 heteroatoms. The molecule has 0 fully saturated rings. The molecule has 0 radical (unpaired) electrons. The van der Waals surface area contributed by atoms with Crippen LogP contribution < -0.4 is 9.47 Å². The SMILES string of the molecule is COc1ccc(-c2ccc(C)nn2)c(OC)n1. The molecule has 0 N–H and O–H groups in total. The lowest BCUT2D eigenvalue weighted by molar-refractivity contribution is 0.365. The fourth-order valence-corrected chi connectivity index (χ4v) is 1.43. The Balaban J connectivity index is 2.47. The van der Waals surface area contributed by atoms with Gasteiger partial charge in [-0.2, -0.15) is 15.2 Å². The van der Waals surface area contributed by atoms with Gasteiger partial charge >= 0.3 is 0 Å². The second-order valence-electron chi connectivity index (χ2n) is 3.47. The summed E-state index contributed by atoms with van der Waals surface area (Å²) in [6.07, 6.45) is 0. The van der Waals surface area contributed by atoms with Crippen molar-refractivity contribution in [2.24, 2.45) is 0 Å². The van der Waals surface area contributed by atoms with Crippen LogP contribution in [0.25, 0.3) is 11.3 Å². The molecule has 0 bridgehead atoms. The molecule has 2 heterocycles. The third kappa shape index (κ3) is 2.33. The van der Waals surface area contributed by atoms with E-state index in [0.717, 1.165) is 17.0 Å². The predicted molar refractivity (Wildman–Crippen MR) is 63.1 cm³/mol. The highest BCUT2D eigenvalue weighted by molar-refractivity contribution is 5.65. The van der Waals surface area contributed by atoms with Crippen molar-refractivity contribution in [1.82, 2.24) is 15.2 Å². The molecule has 2 aromatic rings. The molecule has 0 saturated carbocycles. The first kappa shape index (κ1) is 11.3. The molecule has 0 spiro atoms. The Bertz CT molecular complexity index is 512. The molecule has 88 valence electrons. The molecule has 2 aromatic heterocycles. The van der Waals surface area contributed by atoms with Crippen molar-refractivity contribution in [3.05, 3.63) is 30.0 Å². The average Bonchev–Trinajstić information content (AvgIpc) is 2.39. The molecule has 0 saturated heterocycles. The summed E-state index contributed by atoms with van der Waals surface area (Å²) in [5.74, 6) is 0.980. The van der Waals surface area contributed by atoms with Gasteiger partial charge in [-0.05, 0) is 25.1 Å². The third-order valence-electron chi connectivity index (χ3n) is 2.31. The van der Waals surface area contributed by atoms with E-state index in [-0.39, 0.29) is 0 Å². The van der Waals surface area contributed by atoms with Crippen molar-refractivity contribution in [3.8, 4) is 23.0 Å². The highest BCUT2D eigenvalue weighted by atomic mass is 16.5. The van der Waals surface area contributed by atoms with Crippen LogP contribution in [0.1, 0.15) is 5.69 Å². The standard InChI is InChI=1S/C12H13N3O2/c1-8-4-6-10(15-14-8)9-5-7-11(16-2)13-12(9)17-3/h4-7H,1-3H3. The van der Waals surface area contributed by atoms with E-state index in [9.17, 15) is 0 Å². The van der Waals surface area contributed by atoms with E-state index in [1.165, 1.54) is 0 Å². The normalized spacial score (nSPS) is 10.1. The van der Waals surface area contributed by atoms with Crippen LogP contribution in [-0.2, 0) is 0 Å². The molecule has 0 aliphatic carbocycles. The lowest BCUT2D eigenvalue weighted by atomic mass is 10.2. The third-order valence-corrected chi connectivity index (χ3v) is 2.31. The van der Waals surface area contributed by atoms with Crippen molar-refractivity contribution < 1.29 is 9.47 Å². The van der Waals surface area contributed by atoms with Crippen LogP contribution >= 0.6 is 0 Å². The van der Waals surface area contributed by atoms with Crippen LogP contribution in [0.2, 0.25) is 0 Å². The van der Waals surface area contributed by atoms with Crippen LogP contribution in [0.5, 0.6) is 11.8 Å². The molecule has 2 rings (SSSR count). The van der Waals surface area contributed by atoms with Gasteiger partial charge < -0.3 is 9.47 Å². The van der Waals surface area contributed by atoms with Gasteiger partial charge in [-0.25, -0.2) is 0 Å². The van der Waals surface area contributed by atoms with Gasteiger partial charge in [-0.3, -0.25) is 0 Å². The van der Waals surface area contributed by atoms with E-state index in [4.69, 9.17) is 9.47 Å². The first-order chi connectivity index (χ1) is 8.24. The van der Waals surface area contributed by atoms with E-state index >= 15 is 0 Å². The van der Waals surface area contributed by atoms with Crippen molar-refractivity contribution in [1.29, 1.82) is 0 Å². The summed E-state index contributed by atoms with van der Waals surface area (Å²) < 4.78 is 10.3. The summed E-state index contributed by atoms with van der Waals surface area (Å²) in [6, 6.07) is 7.39. The Hall–Kier alpha value is -2.17. The van der Waals surface area contributed by atoms with Crippen LogP contribution in [0.3, 0.4) is 0 Å². The van der Waals surface area contributed by atoms with Crippen molar-refractivity contribution >= 4 is 0 Å². The summed E-state index contributed by atoms with van der Waals surface area (Å²) in [5, 5.41) is 8.11. The van der Waals surface area contributed by atoms with Gasteiger partial charge in [0.2, 0.25) is 11.8 Å². The molecule has 0 aromatic carbocycles. The van der Waals surface area contributed by atoms with Crippen LogP contribution in [0.15, 0.2) is 24.3 Å². The molecule has 0 unspecified atom stereocenters. The maximum Gasteiger partial charge on any atom is 0.226 e. The van der Waals surface area contributed by atoms with Gasteiger partial charge in [0, 0.05) is 6.07 Å². The number of aryl methyl sites for hydroxylation is 1. The molecule has 5 nitrogen and oxygen atoms in total. The first-order valence-corrected chi connectivity index (χ1v) is 5.14. The zero-order valence-corrected chi connectivity index (χ0v) is 9.97. The number of nitrogens with zero attached hydrogens (tertiary/aromatic N) is 3. The monoisotopic (exact) mass is 231 g/mol. The second-order valence-corrected chi connectivity index (χ2v) is 3.47. The summed E-state index contributed by atoms with van der Waals surface area (Å²) in [7, 11) is 3.13. The molecule has 0 aliphatic rings. The topological polar surface area (TPSA) is 57.1 Å². The average molecular weight is 231 g/mol. The van der Waals surface area contributed by atoms with Gasteiger partial charge in [0.15, 0.2) is 0 Å². The predicted octanol–water partition coefficient (Wildman–Crippen LogP) is 1.86. The Morgan fingerprint density at radius 2 is 1.76 bits per heavy atom. The summed E-state index contributed by atoms with van der Waals surface area (Å²) in [6.45, 7) is 1.89. The highest BCUT2D eigenvalue weighted by Gasteiger charge is 2.10. The quantitative estimate of drug-likeness (QED) is 0.807. The Morgan fingerprint density at radius 1 is 0.941 bits per heavy atom. The van der Waals surface area contributed by atoms with E-state index < -0.39 is 0 Å². The Labute approximate surface area is 99.4 Å². The van der Waals surface area contributed by atoms with Gasteiger partial charge in [0.25, 0.3) is 0 Å². The fraction of sp³-hybridized carbons (Fsp3) is 0.250. The maximum atomic E-state index is 5.21. The van der Waals surface area contributed by atoms with Crippen LogP contribution in [-0.4, -0.2) is 29.4 Å². The Morgan fingerprint density at radius 3 is 2.35 bits per heavy atom. The lowest BCUT2D eigenvalue weighted by Gasteiger charge is -2.08. The van der Waals surface area contributed by atoms with Gasteiger partial charge in [-0.15, -0.1) is 0 Å². The summed E-state index contributed by atoms with van der Waals surface area (Å²) >= 11 is 0. The maximum absolute atomic E-state index is 5.21. The molecule has 0 amide bonds. The zero-order valence-electron chi connectivity index (χ0n) is 9.97. The van der Waals surface area contributed by atoms with Crippen molar-refractivity contribution in [3.63, 3.8) is 0 Å². The van der Waals surface area contributed by atoms with E-state index in [1.54, 1.807) is 20.3 Å². The minimum Gasteiger partial charge on any atom is -0.481 e. The smallest absolute Gasteiger partial charge is 0.226 e. The summed E-state index contributed by atoms with van der Waals surface area (Å²) in [4.78, 5) is 4.20. The second kappa shape index (κ2) is 4.78. The number of aromatic nitrogens is 3. The summed E-state index contributed by atoms with van der Waals surface area (Å²) in [5.41, 5.74) is 2.39. The number of hydrogen-bond donors (Lipinski definition) is 0. The van der Waals surface area contributed by atoms with Gasteiger partial charge in [0.1, 0.15) is 0 Å². The van der Waals surface area contributed by atoms with E-state index in [0.29, 0.717) is 11.8 Å². The zero-order chi connectivity index (χ0) is 12.3. The lowest BCUT2D eigenvalue weighted by Crippen LogP contribution is -1.97. The number of rotatable bonds is 3. The number of hydrogen-bond acceptors (Lipinski definition) is 5. The number of ether oxygens (including phenoxy) is 2. The van der Waals surface area contributed by atoms with Gasteiger partial charge in [-0.1, -0.05) is 0 Å². The molecular formula is C12H13N3O2. The first-order valence-electron chi connectivity index (χ1n) is 5.14. The minimum atomic E-state index is 0.475. The van der Waals surface area contributed by atoms with E-state index in [2.05, 4.69) is 15.2 Å². The Kier molecular flexibility index (Phi) is 3.18. The highest BCUT2D eigenvalue weighted by Crippen LogP contribution is 2.28. The number of pyridine rings is 1. The molecule has 0 aliphatic heterocycles. The van der Waals surface area contributed by atoms with Crippen molar-refractivity contribution in [2.45, 2.75) is 6.92 Å².